The Morgan fingerprint density at radius 1 is 0.833 bits per heavy atom. The molecule has 126 valence electrons. The highest BCUT2D eigenvalue weighted by Crippen LogP contribution is 2.32. The molecule has 24 heavy (non-hydrogen) atoms. The molecule has 4 nitrogen and oxygen atoms in total. The van der Waals surface area contributed by atoms with Crippen molar-refractivity contribution in [2.24, 2.45) is 4.99 Å². The van der Waals surface area contributed by atoms with Gasteiger partial charge < -0.3 is 15.4 Å². The summed E-state index contributed by atoms with van der Waals surface area (Å²) in [4.78, 5) is 4.75. The lowest BCUT2D eigenvalue weighted by Gasteiger charge is -2.23. The van der Waals surface area contributed by atoms with E-state index in [0.717, 1.165) is 23.1 Å². The van der Waals surface area contributed by atoms with Crippen LogP contribution in [0.15, 0.2) is 59.6 Å². The highest BCUT2D eigenvalue weighted by atomic mass is 35.5. The number of hydrogen-bond donors (Lipinski definition) is 2. The Morgan fingerprint density at radius 2 is 1.46 bits per heavy atom. The van der Waals surface area contributed by atoms with Crippen molar-refractivity contribution in [3.8, 4) is 11.5 Å². The summed E-state index contributed by atoms with van der Waals surface area (Å²) in [6.07, 6.45) is 5.05. The van der Waals surface area contributed by atoms with Gasteiger partial charge in [0.15, 0.2) is 11.7 Å². The first-order valence-corrected chi connectivity index (χ1v) is 8.32. The lowest BCUT2D eigenvalue weighted by Crippen LogP contribution is -2.36. The van der Waals surface area contributed by atoms with E-state index in [2.05, 4.69) is 10.6 Å². The summed E-state index contributed by atoms with van der Waals surface area (Å²) < 4.78 is 5.98. The number of halogens is 1. The van der Waals surface area contributed by atoms with E-state index < -0.39 is 0 Å². The van der Waals surface area contributed by atoms with Crippen LogP contribution in [0.4, 0.5) is 5.69 Å². The van der Waals surface area contributed by atoms with Crippen LogP contribution in [0.25, 0.3) is 0 Å². The fourth-order valence-electron chi connectivity index (χ4n) is 3.31. The number of nitrogens with zero attached hydrogens (tertiary/aromatic N) is 1. The van der Waals surface area contributed by atoms with E-state index in [0.29, 0.717) is 12.1 Å². The Bertz CT molecular complexity index is 689. The molecule has 1 saturated carbocycles. The van der Waals surface area contributed by atoms with Gasteiger partial charge in [-0.05, 0) is 37.1 Å². The molecule has 2 aliphatic rings. The molecule has 0 spiro atoms. The third-order valence-corrected chi connectivity index (χ3v) is 4.48. The number of para-hydroxylation sites is 3. The Morgan fingerprint density at radius 3 is 2.17 bits per heavy atom. The molecule has 2 N–H and O–H groups in total. The summed E-state index contributed by atoms with van der Waals surface area (Å²) in [5.41, 5.74) is 0.838. The molecule has 2 aromatic carbocycles. The van der Waals surface area contributed by atoms with Crippen molar-refractivity contribution >= 4 is 24.1 Å². The Hall–Kier alpha value is -2.20. The monoisotopic (exact) mass is 343 g/mol. The number of aliphatic imine (C=N–C) groups is 1. The van der Waals surface area contributed by atoms with Gasteiger partial charge in [0.25, 0.3) is 0 Å². The first-order chi connectivity index (χ1) is 11.4. The van der Waals surface area contributed by atoms with Gasteiger partial charge in [-0.3, -0.25) is 0 Å². The largest absolute Gasteiger partial charge is 0.455 e. The zero-order valence-electron chi connectivity index (χ0n) is 13.4. The number of nitrogens with one attached hydrogen (secondary N) is 2. The minimum Gasteiger partial charge on any atom is -0.455 e. The number of guanidine groups is 1. The van der Waals surface area contributed by atoms with Crippen LogP contribution in [0.2, 0.25) is 0 Å². The normalized spacial score (nSPS) is 21.8. The molecular formula is C19H22ClN3O. The second-order valence-corrected chi connectivity index (χ2v) is 6.13. The van der Waals surface area contributed by atoms with Crippen LogP contribution in [-0.2, 0) is 0 Å². The van der Waals surface area contributed by atoms with Crippen LogP contribution in [-0.4, -0.2) is 18.0 Å². The lowest BCUT2D eigenvalue weighted by atomic mass is 9.92. The van der Waals surface area contributed by atoms with Crippen molar-refractivity contribution in [1.82, 2.24) is 10.6 Å². The van der Waals surface area contributed by atoms with Gasteiger partial charge in [-0.15, -0.1) is 12.4 Å². The molecule has 0 unspecified atom stereocenters. The summed E-state index contributed by atoms with van der Waals surface area (Å²) in [5, 5.41) is 7.03. The third kappa shape index (κ3) is 3.65. The van der Waals surface area contributed by atoms with Crippen LogP contribution in [0.1, 0.15) is 25.7 Å². The number of ether oxygens (including phenoxy) is 1. The lowest BCUT2D eigenvalue weighted by molar-refractivity contribution is 0.374. The fourth-order valence-corrected chi connectivity index (χ4v) is 3.31. The molecule has 0 amide bonds. The van der Waals surface area contributed by atoms with Gasteiger partial charge in [-0.2, -0.15) is 0 Å². The highest BCUT2D eigenvalue weighted by Gasteiger charge is 2.32. The topological polar surface area (TPSA) is 45.6 Å². The van der Waals surface area contributed by atoms with Gasteiger partial charge in [0.05, 0.1) is 0 Å². The predicted molar refractivity (Wildman–Crippen MR) is 99.6 cm³/mol. The van der Waals surface area contributed by atoms with Crippen molar-refractivity contribution in [2.75, 3.05) is 0 Å². The van der Waals surface area contributed by atoms with Gasteiger partial charge in [-0.1, -0.05) is 43.2 Å². The van der Waals surface area contributed by atoms with Crippen molar-refractivity contribution in [3.05, 3.63) is 54.6 Å². The standard InChI is InChI=1S/C19H21N3O.ClH/c1-2-8-14(9-3-1)23-18-13-7-6-12-17(18)22-19-20-15-10-4-5-11-16(15)21-19;/h1-3,6-9,12-13,15-16H,4-5,10-11H2,(H2,20,21,22);1H/t15-,16-;/m0./s1. The van der Waals surface area contributed by atoms with Crippen LogP contribution in [0.5, 0.6) is 11.5 Å². The number of hydrogen-bond acceptors (Lipinski definition) is 2. The van der Waals surface area contributed by atoms with E-state index in [1.165, 1.54) is 25.7 Å². The molecule has 5 heteroatoms. The fraction of sp³-hybridized carbons (Fsp3) is 0.316. The zero-order chi connectivity index (χ0) is 15.5. The molecule has 0 bridgehead atoms. The second kappa shape index (κ2) is 7.58. The average molecular weight is 344 g/mol. The molecule has 0 radical (unpaired) electrons. The molecule has 1 aliphatic carbocycles. The Labute approximate surface area is 148 Å². The molecule has 4 rings (SSSR count). The summed E-state index contributed by atoms with van der Waals surface area (Å²) in [6, 6.07) is 18.7. The molecule has 1 saturated heterocycles. The number of fused-ring (bicyclic) bond motifs is 1. The van der Waals surface area contributed by atoms with Crippen LogP contribution < -0.4 is 15.4 Å². The minimum absolute atomic E-state index is 0. The maximum absolute atomic E-state index is 5.98. The maximum atomic E-state index is 5.98. The van der Waals surface area contributed by atoms with Crippen molar-refractivity contribution < 1.29 is 4.74 Å². The minimum atomic E-state index is 0. The van der Waals surface area contributed by atoms with E-state index in [1.54, 1.807) is 0 Å². The molecule has 2 fully saturated rings. The van der Waals surface area contributed by atoms with Crippen molar-refractivity contribution in [3.63, 3.8) is 0 Å². The molecular weight excluding hydrogens is 322 g/mol. The van der Waals surface area contributed by atoms with Gasteiger partial charge in [0.1, 0.15) is 11.4 Å². The first-order valence-electron chi connectivity index (χ1n) is 8.32. The molecule has 1 aliphatic heterocycles. The SMILES string of the molecule is Cl.c1ccc(Oc2ccccc2N=C2N[C@H]3CCCC[C@@H]3N2)cc1. The Balaban J connectivity index is 0.00000169. The van der Waals surface area contributed by atoms with Crippen molar-refractivity contribution in [2.45, 2.75) is 37.8 Å². The first kappa shape index (κ1) is 16.7. The molecule has 2 atom stereocenters. The van der Waals surface area contributed by atoms with Gasteiger partial charge in [0, 0.05) is 12.1 Å². The number of benzene rings is 2. The summed E-state index contributed by atoms with van der Waals surface area (Å²) >= 11 is 0. The van der Waals surface area contributed by atoms with E-state index in [9.17, 15) is 0 Å². The van der Waals surface area contributed by atoms with E-state index >= 15 is 0 Å². The predicted octanol–water partition coefficient (Wildman–Crippen LogP) is 4.39. The molecule has 0 aromatic heterocycles. The maximum Gasteiger partial charge on any atom is 0.197 e. The van der Waals surface area contributed by atoms with Gasteiger partial charge in [-0.25, -0.2) is 4.99 Å². The van der Waals surface area contributed by atoms with E-state index in [-0.39, 0.29) is 12.4 Å². The Kier molecular flexibility index (Phi) is 5.26. The summed E-state index contributed by atoms with van der Waals surface area (Å²) in [7, 11) is 0. The van der Waals surface area contributed by atoms with Crippen molar-refractivity contribution in [1.29, 1.82) is 0 Å². The second-order valence-electron chi connectivity index (χ2n) is 6.13. The van der Waals surface area contributed by atoms with E-state index in [1.807, 2.05) is 54.6 Å². The third-order valence-electron chi connectivity index (χ3n) is 4.48. The average Bonchev–Trinajstić information content (AvgIpc) is 3.00. The van der Waals surface area contributed by atoms with Gasteiger partial charge in [0.2, 0.25) is 0 Å². The van der Waals surface area contributed by atoms with E-state index in [4.69, 9.17) is 9.73 Å². The quantitative estimate of drug-likeness (QED) is 0.868. The molecule has 2 aromatic rings. The van der Waals surface area contributed by atoms with Gasteiger partial charge >= 0.3 is 0 Å². The summed E-state index contributed by atoms with van der Waals surface area (Å²) in [6.45, 7) is 0. The number of rotatable bonds is 3. The molecule has 1 heterocycles. The zero-order valence-corrected chi connectivity index (χ0v) is 14.3. The van der Waals surface area contributed by atoms with Crippen LogP contribution in [0.3, 0.4) is 0 Å². The highest BCUT2D eigenvalue weighted by molar-refractivity contribution is 5.86. The van der Waals surface area contributed by atoms with Crippen LogP contribution >= 0.6 is 12.4 Å². The summed E-state index contributed by atoms with van der Waals surface area (Å²) in [5.74, 6) is 2.46. The smallest absolute Gasteiger partial charge is 0.197 e. The van der Waals surface area contributed by atoms with Crippen LogP contribution in [0, 0.1) is 0 Å².